The smallest absolute Gasteiger partial charge is 0.322 e. The Bertz CT molecular complexity index is 562. The van der Waals surface area contributed by atoms with Crippen LogP contribution in [0.1, 0.15) is 31.4 Å². The number of H-pyrrole nitrogens is 1. The summed E-state index contributed by atoms with van der Waals surface area (Å²) in [6.07, 6.45) is 4.43. The van der Waals surface area contributed by atoms with Crippen LogP contribution in [0.2, 0.25) is 0 Å². The highest BCUT2D eigenvalue weighted by atomic mass is 16.9. The largest absolute Gasteiger partial charge is 0.480 e. The number of nitrogens with zero attached hydrogens (tertiary/aromatic N) is 2. The molecule has 1 aromatic rings. The minimum Gasteiger partial charge on any atom is -0.480 e. The highest BCUT2D eigenvalue weighted by molar-refractivity contribution is 5.82. The Labute approximate surface area is 149 Å². The summed E-state index contributed by atoms with van der Waals surface area (Å²) in [5.41, 5.74) is 1.11. The number of imidazole rings is 1. The number of nitrogens with one attached hydrogen (secondary N) is 3. The van der Waals surface area contributed by atoms with Crippen molar-refractivity contribution < 1.29 is 29.4 Å². The molecule has 0 saturated carbocycles. The van der Waals surface area contributed by atoms with Crippen molar-refractivity contribution in [3.63, 3.8) is 0 Å². The highest BCUT2D eigenvalue weighted by Crippen LogP contribution is 1.96. The zero-order chi connectivity index (χ0) is 19.8. The number of aromatic nitrogens is 2. The first kappa shape index (κ1) is 22.8. The Morgan fingerprint density at radius 3 is 2.46 bits per heavy atom. The molecule has 146 valence electrons. The predicted octanol–water partition coefficient (Wildman–Crippen LogP) is -0.210. The number of unbranched alkanes of at least 4 members (excludes halogenated alkanes) is 1. The summed E-state index contributed by atoms with van der Waals surface area (Å²) in [6.45, 7) is 1.56. The maximum atomic E-state index is 11.3. The van der Waals surface area contributed by atoms with Gasteiger partial charge in [0.2, 0.25) is 11.8 Å². The number of rotatable bonds is 11. The fourth-order valence-corrected chi connectivity index (χ4v) is 1.52. The van der Waals surface area contributed by atoms with Crippen LogP contribution in [0.15, 0.2) is 12.5 Å². The summed E-state index contributed by atoms with van der Waals surface area (Å²) >= 11 is 0. The van der Waals surface area contributed by atoms with Crippen molar-refractivity contribution in [3.05, 3.63) is 28.3 Å². The number of hydrogen-bond acceptors (Lipinski definition) is 7. The first-order valence-corrected chi connectivity index (χ1v) is 7.78. The average Bonchev–Trinajstić information content (AvgIpc) is 3.04. The molecule has 0 saturated heterocycles. The van der Waals surface area contributed by atoms with Crippen molar-refractivity contribution in [2.75, 3.05) is 19.7 Å². The molecule has 0 atom stereocenters. The van der Waals surface area contributed by atoms with Gasteiger partial charge in [0.25, 0.3) is 5.09 Å². The highest BCUT2D eigenvalue weighted by Gasteiger charge is 2.05. The van der Waals surface area contributed by atoms with Gasteiger partial charge < -0.3 is 25.6 Å². The van der Waals surface area contributed by atoms with E-state index in [-0.39, 0.29) is 31.9 Å². The minimum atomic E-state index is -1.14. The van der Waals surface area contributed by atoms with Crippen LogP contribution in [0.25, 0.3) is 0 Å². The number of carboxylic acid groups (broad SMARTS) is 1. The van der Waals surface area contributed by atoms with Gasteiger partial charge in [-0.05, 0) is 19.8 Å². The molecule has 1 aromatic heterocycles. The van der Waals surface area contributed by atoms with E-state index in [0.717, 1.165) is 5.69 Å². The van der Waals surface area contributed by atoms with Crippen LogP contribution in [-0.4, -0.2) is 57.6 Å². The molecular formula is C14H23N5O7. The van der Waals surface area contributed by atoms with Crippen LogP contribution in [-0.2, 0) is 19.2 Å². The van der Waals surface area contributed by atoms with Crippen LogP contribution < -0.4 is 10.6 Å². The van der Waals surface area contributed by atoms with E-state index in [9.17, 15) is 24.5 Å². The number of carbonyl (C=O) groups is 3. The Hall–Kier alpha value is -3.18. The molecule has 1 rings (SSSR count). The summed E-state index contributed by atoms with van der Waals surface area (Å²) < 4.78 is 0. The third-order valence-corrected chi connectivity index (χ3v) is 2.74. The molecule has 0 bridgehead atoms. The monoisotopic (exact) mass is 373 g/mol. The summed E-state index contributed by atoms with van der Waals surface area (Å²) in [5.74, 6) is -1.89. The molecule has 0 radical (unpaired) electrons. The lowest BCUT2D eigenvalue weighted by molar-refractivity contribution is -0.757. The van der Waals surface area contributed by atoms with Crippen molar-refractivity contribution in [2.45, 2.75) is 32.6 Å². The van der Waals surface area contributed by atoms with Crippen molar-refractivity contribution in [1.29, 1.82) is 0 Å². The predicted molar refractivity (Wildman–Crippen MR) is 88.4 cm³/mol. The molecule has 0 fully saturated rings. The Balaban J connectivity index is 0.000000867. The van der Waals surface area contributed by atoms with E-state index in [1.165, 1.54) is 0 Å². The molecule has 0 aliphatic carbocycles. The molecule has 26 heavy (non-hydrogen) atoms. The van der Waals surface area contributed by atoms with Crippen molar-refractivity contribution in [3.8, 4) is 0 Å². The first-order chi connectivity index (χ1) is 12.3. The third kappa shape index (κ3) is 15.7. The summed E-state index contributed by atoms with van der Waals surface area (Å²) in [4.78, 5) is 53.1. The fraction of sp³-hybridized carbons (Fsp3) is 0.571. The second-order valence-electron chi connectivity index (χ2n) is 5.02. The molecule has 0 spiro atoms. The van der Waals surface area contributed by atoms with E-state index in [1.807, 2.05) is 6.92 Å². The van der Waals surface area contributed by atoms with Gasteiger partial charge in [0.15, 0.2) is 0 Å². The molecule has 0 aliphatic rings. The van der Waals surface area contributed by atoms with E-state index in [4.69, 9.17) is 5.11 Å². The SMILES string of the molecule is Cc1cnc[nH]1.O=C(O)CNC(=O)CCNC(=O)CCCCO[N+](=O)[O-]. The van der Waals surface area contributed by atoms with Crippen LogP contribution in [0, 0.1) is 17.0 Å². The van der Waals surface area contributed by atoms with Gasteiger partial charge in [-0.2, -0.15) is 0 Å². The van der Waals surface area contributed by atoms with Gasteiger partial charge in [-0.15, -0.1) is 10.1 Å². The summed E-state index contributed by atoms with van der Waals surface area (Å²) in [7, 11) is 0. The quantitative estimate of drug-likeness (QED) is 0.234. The van der Waals surface area contributed by atoms with Crippen LogP contribution in [0.4, 0.5) is 0 Å². The maximum absolute atomic E-state index is 11.3. The maximum Gasteiger partial charge on any atom is 0.322 e. The first-order valence-electron chi connectivity index (χ1n) is 7.78. The number of carbonyl (C=O) groups excluding carboxylic acids is 2. The van der Waals surface area contributed by atoms with Gasteiger partial charge in [-0.1, -0.05) is 0 Å². The number of amides is 2. The topological polar surface area (TPSA) is 177 Å². The van der Waals surface area contributed by atoms with E-state index in [0.29, 0.717) is 12.8 Å². The molecule has 12 nitrogen and oxygen atoms in total. The van der Waals surface area contributed by atoms with Gasteiger partial charge in [-0.25, -0.2) is 4.98 Å². The minimum absolute atomic E-state index is 0.0105. The standard InChI is InChI=1S/C10H17N3O7.C4H6N2/c14-8(3-1-2-6-20-13(18)19)11-5-4-9(15)12-7-10(16)17;1-4-2-5-3-6-4/h1-7H2,(H,11,14)(H,12,15)(H,16,17);2-3H,1H3,(H,5,6). The number of hydrogen-bond donors (Lipinski definition) is 4. The number of carboxylic acids is 1. The van der Waals surface area contributed by atoms with Crippen LogP contribution in [0.5, 0.6) is 0 Å². The van der Waals surface area contributed by atoms with Gasteiger partial charge in [0.05, 0.1) is 12.9 Å². The van der Waals surface area contributed by atoms with Crippen molar-refractivity contribution in [2.24, 2.45) is 0 Å². The van der Waals surface area contributed by atoms with Gasteiger partial charge in [0.1, 0.15) is 6.54 Å². The molecule has 0 aliphatic heterocycles. The van der Waals surface area contributed by atoms with Crippen LogP contribution >= 0.6 is 0 Å². The molecular weight excluding hydrogens is 350 g/mol. The van der Waals surface area contributed by atoms with Gasteiger partial charge in [-0.3, -0.25) is 14.4 Å². The second kappa shape index (κ2) is 14.2. The lowest BCUT2D eigenvalue weighted by Crippen LogP contribution is -2.33. The molecule has 2 amide bonds. The number of aliphatic carboxylic acids is 1. The second-order valence-corrected chi connectivity index (χ2v) is 5.02. The normalized spacial score (nSPS) is 9.42. The molecule has 0 aromatic carbocycles. The lowest BCUT2D eigenvalue weighted by atomic mass is 10.2. The summed E-state index contributed by atoms with van der Waals surface area (Å²) in [6, 6.07) is 0. The summed E-state index contributed by atoms with van der Waals surface area (Å²) in [5, 5.41) is 21.9. The molecule has 0 unspecified atom stereocenters. The van der Waals surface area contributed by atoms with E-state index < -0.39 is 23.5 Å². The van der Waals surface area contributed by atoms with Crippen molar-refractivity contribution >= 4 is 17.8 Å². The lowest BCUT2D eigenvalue weighted by Gasteiger charge is -2.05. The number of aryl methyl sites for hydroxylation is 1. The van der Waals surface area contributed by atoms with Crippen molar-refractivity contribution in [1.82, 2.24) is 20.6 Å². The van der Waals surface area contributed by atoms with E-state index in [1.54, 1.807) is 12.5 Å². The zero-order valence-corrected chi connectivity index (χ0v) is 14.4. The average molecular weight is 373 g/mol. The molecule has 4 N–H and O–H groups in total. The van der Waals surface area contributed by atoms with E-state index >= 15 is 0 Å². The Morgan fingerprint density at radius 1 is 1.27 bits per heavy atom. The third-order valence-electron chi connectivity index (χ3n) is 2.74. The van der Waals surface area contributed by atoms with Gasteiger partial charge in [0, 0.05) is 31.3 Å². The fourth-order valence-electron chi connectivity index (χ4n) is 1.52. The Kier molecular flexibility index (Phi) is 12.5. The van der Waals surface area contributed by atoms with E-state index in [2.05, 4.69) is 25.4 Å². The van der Waals surface area contributed by atoms with Gasteiger partial charge >= 0.3 is 5.97 Å². The Morgan fingerprint density at radius 2 is 1.96 bits per heavy atom. The number of aromatic amines is 1. The molecule has 12 heteroatoms. The van der Waals surface area contributed by atoms with Crippen LogP contribution in [0.3, 0.4) is 0 Å². The molecule has 1 heterocycles. The zero-order valence-electron chi connectivity index (χ0n) is 14.4.